The topological polar surface area (TPSA) is 35.8 Å². The average Bonchev–Trinajstić information content (AvgIpc) is 2.96. The van der Waals surface area contributed by atoms with Crippen molar-refractivity contribution in [3.63, 3.8) is 0 Å². The van der Waals surface area contributed by atoms with E-state index in [1.807, 2.05) is 30.3 Å². The van der Waals surface area contributed by atoms with Gasteiger partial charge in [0.15, 0.2) is 0 Å². The van der Waals surface area contributed by atoms with Gasteiger partial charge in [0.2, 0.25) is 0 Å². The van der Waals surface area contributed by atoms with Crippen LogP contribution in [0.15, 0.2) is 48.5 Å². The van der Waals surface area contributed by atoms with Gasteiger partial charge in [-0.15, -0.1) is 0 Å². The van der Waals surface area contributed by atoms with E-state index in [1.54, 1.807) is 0 Å². The zero-order valence-corrected chi connectivity index (χ0v) is 11.5. The van der Waals surface area contributed by atoms with E-state index in [9.17, 15) is 5.26 Å². The number of rotatable bonds is 4. The number of nitriles is 1. The van der Waals surface area contributed by atoms with E-state index in [0.717, 1.165) is 11.3 Å². The van der Waals surface area contributed by atoms with Gasteiger partial charge in [-0.25, -0.2) is 0 Å². The number of hydrogen-bond donors (Lipinski definition) is 1. The molecule has 0 spiro atoms. The maximum Gasteiger partial charge on any atom is 0.0885 e. The van der Waals surface area contributed by atoms with Crippen LogP contribution in [0.4, 0.5) is 5.69 Å². The largest absolute Gasteiger partial charge is 0.383 e. The van der Waals surface area contributed by atoms with Crippen molar-refractivity contribution in [2.24, 2.45) is 0 Å². The van der Waals surface area contributed by atoms with Crippen LogP contribution in [-0.2, 0) is 12.8 Å². The number of nitrogens with zero attached hydrogens (tertiary/aromatic N) is 1. The molecule has 2 aromatic rings. The van der Waals surface area contributed by atoms with E-state index in [1.165, 1.54) is 30.4 Å². The molecule has 1 aliphatic rings. The van der Waals surface area contributed by atoms with Crippen LogP contribution in [0.25, 0.3) is 0 Å². The van der Waals surface area contributed by atoms with Gasteiger partial charge >= 0.3 is 0 Å². The van der Waals surface area contributed by atoms with E-state index >= 15 is 0 Å². The van der Waals surface area contributed by atoms with E-state index < -0.39 is 0 Å². The molecule has 2 heteroatoms. The van der Waals surface area contributed by atoms with Crippen LogP contribution < -0.4 is 5.32 Å². The summed E-state index contributed by atoms with van der Waals surface area (Å²) in [5, 5.41) is 12.7. The van der Waals surface area contributed by atoms with Crippen LogP contribution in [0.5, 0.6) is 0 Å². The van der Waals surface area contributed by atoms with E-state index in [4.69, 9.17) is 0 Å². The Morgan fingerprint density at radius 1 is 1.05 bits per heavy atom. The maximum absolute atomic E-state index is 9.32. The molecule has 100 valence electrons. The fourth-order valence-corrected chi connectivity index (χ4v) is 2.83. The number of benzene rings is 2. The highest BCUT2D eigenvalue weighted by Gasteiger charge is 2.12. The zero-order chi connectivity index (χ0) is 13.8. The highest BCUT2D eigenvalue weighted by Crippen LogP contribution is 2.25. The summed E-state index contributed by atoms with van der Waals surface area (Å²) in [6.07, 6.45) is 3.66. The van der Waals surface area contributed by atoms with Crippen molar-refractivity contribution in [2.75, 3.05) is 11.9 Å². The van der Waals surface area contributed by atoms with Crippen molar-refractivity contribution in [1.82, 2.24) is 0 Å². The fourth-order valence-electron chi connectivity index (χ4n) is 2.83. The number of aryl methyl sites for hydroxylation is 2. The van der Waals surface area contributed by atoms with Crippen LogP contribution in [-0.4, -0.2) is 6.54 Å². The van der Waals surface area contributed by atoms with Gasteiger partial charge in [-0.3, -0.25) is 0 Å². The summed E-state index contributed by atoms with van der Waals surface area (Å²) in [4.78, 5) is 0. The zero-order valence-electron chi connectivity index (χ0n) is 11.5. The van der Waals surface area contributed by atoms with Crippen molar-refractivity contribution in [2.45, 2.75) is 25.2 Å². The molecular formula is C18H18N2. The Labute approximate surface area is 120 Å². The molecule has 1 N–H and O–H groups in total. The molecule has 0 amide bonds. The fraction of sp³-hybridized carbons (Fsp3) is 0.278. The molecule has 0 fully saturated rings. The second-order valence-corrected chi connectivity index (χ2v) is 5.31. The molecule has 0 aliphatic heterocycles. The lowest BCUT2D eigenvalue weighted by molar-refractivity contribution is 0.899. The summed E-state index contributed by atoms with van der Waals surface area (Å²) in [7, 11) is 0. The molecule has 0 aromatic heterocycles. The minimum absolute atomic E-state index is 0.107. The molecular weight excluding hydrogens is 244 g/mol. The number of fused-ring (bicyclic) bond motifs is 1. The summed E-state index contributed by atoms with van der Waals surface area (Å²) in [6, 6.07) is 18.9. The lowest BCUT2D eigenvalue weighted by Crippen LogP contribution is -2.11. The van der Waals surface area contributed by atoms with Gasteiger partial charge in [0.25, 0.3) is 0 Å². The van der Waals surface area contributed by atoms with Crippen molar-refractivity contribution in [3.8, 4) is 6.07 Å². The predicted molar refractivity (Wildman–Crippen MR) is 81.8 cm³/mol. The first-order valence-electron chi connectivity index (χ1n) is 7.17. The van der Waals surface area contributed by atoms with Crippen LogP contribution in [0.1, 0.15) is 29.0 Å². The van der Waals surface area contributed by atoms with E-state index in [2.05, 4.69) is 29.6 Å². The van der Waals surface area contributed by atoms with Crippen molar-refractivity contribution in [3.05, 3.63) is 65.2 Å². The Hall–Kier alpha value is -2.27. The normalized spacial score (nSPS) is 14.3. The van der Waals surface area contributed by atoms with Gasteiger partial charge in [-0.1, -0.05) is 36.4 Å². The van der Waals surface area contributed by atoms with Gasteiger partial charge in [0.1, 0.15) is 0 Å². The quantitative estimate of drug-likeness (QED) is 0.907. The molecule has 20 heavy (non-hydrogen) atoms. The second-order valence-electron chi connectivity index (χ2n) is 5.31. The molecule has 2 nitrogen and oxygen atoms in total. The number of nitrogens with one attached hydrogen (secondary N) is 1. The minimum Gasteiger partial charge on any atom is -0.383 e. The summed E-state index contributed by atoms with van der Waals surface area (Å²) in [6.45, 7) is 0.652. The third kappa shape index (κ3) is 2.67. The number of hydrogen-bond acceptors (Lipinski definition) is 2. The van der Waals surface area contributed by atoms with Gasteiger partial charge in [0.05, 0.1) is 12.0 Å². The van der Waals surface area contributed by atoms with Crippen LogP contribution >= 0.6 is 0 Å². The molecule has 2 aromatic carbocycles. The van der Waals surface area contributed by atoms with Crippen LogP contribution in [0.2, 0.25) is 0 Å². The molecule has 3 rings (SSSR count). The summed E-state index contributed by atoms with van der Waals surface area (Å²) in [5.41, 5.74) is 5.14. The minimum atomic E-state index is -0.107. The first kappa shape index (κ1) is 12.7. The van der Waals surface area contributed by atoms with Gasteiger partial charge in [0, 0.05) is 12.2 Å². The standard InChI is InChI=1S/C18H18N2/c19-12-17(14-5-2-1-3-6-14)13-20-18-10-9-15-7-4-8-16(15)11-18/h1-3,5-6,9-11,17,20H,4,7-8,13H2. The van der Waals surface area contributed by atoms with E-state index in [0.29, 0.717) is 6.54 Å². The van der Waals surface area contributed by atoms with Crippen LogP contribution in [0, 0.1) is 11.3 Å². The maximum atomic E-state index is 9.32. The Bertz CT molecular complexity index is 626. The molecule has 0 radical (unpaired) electrons. The first-order chi connectivity index (χ1) is 9.86. The Kier molecular flexibility index (Phi) is 3.69. The average molecular weight is 262 g/mol. The summed E-state index contributed by atoms with van der Waals surface area (Å²) >= 11 is 0. The summed E-state index contributed by atoms with van der Waals surface area (Å²) < 4.78 is 0. The lowest BCUT2D eigenvalue weighted by Gasteiger charge is -2.13. The van der Waals surface area contributed by atoms with Gasteiger partial charge in [-0.05, 0) is 48.1 Å². The van der Waals surface area contributed by atoms with Gasteiger partial charge in [-0.2, -0.15) is 5.26 Å². The smallest absolute Gasteiger partial charge is 0.0885 e. The summed E-state index contributed by atoms with van der Waals surface area (Å²) in [5.74, 6) is -0.107. The third-order valence-electron chi connectivity index (χ3n) is 3.97. The second kappa shape index (κ2) is 5.79. The van der Waals surface area contributed by atoms with Crippen molar-refractivity contribution in [1.29, 1.82) is 5.26 Å². The molecule has 0 heterocycles. The Morgan fingerprint density at radius 3 is 2.65 bits per heavy atom. The highest BCUT2D eigenvalue weighted by molar-refractivity contribution is 5.50. The molecule has 1 atom stereocenters. The molecule has 0 bridgehead atoms. The first-order valence-corrected chi connectivity index (χ1v) is 7.17. The third-order valence-corrected chi connectivity index (χ3v) is 3.97. The molecule has 0 saturated heterocycles. The monoisotopic (exact) mass is 262 g/mol. The van der Waals surface area contributed by atoms with Crippen molar-refractivity contribution >= 4 is 5.69 Å². The number of anilines is 1. The molecule has 0 saturated carbocycles. The van der Waals surface area contributed by atoms with Gasteiger partial charge < -0.3 is 5.32 Å². The molecule has 1 unspecified atom stereocenters. The lowest BCUT2D eigenvalue weighted by atomic mass is 10.0. The predicted octanol–water partition coefficient (Wildman–Crippen LogP) is 3.89. The van der Waals surface area contributed by atoms with Crippen molar-refractivity contribution < 1.29 is 0 Å². The highest BCUT2D eigenvalue weighted by atomic mass is 14.9. The Balaban J connectivity index is 1.68. The Morgan fingerprint density at radius 2 is 1.85 bits per heavy atom. The molecule has 1 aliphatic carbocycles. The SMILES string of the molecule is N#CC(CNc1ccc2c(c1)CCC2)c1ccccc1. The van der Waals surface area contributed by atoms with E-state index in [-0.39, 0.29) is 5.92 Å². The van der Waals surface area contributed by atoms with Crippen LogP contribution in [0.3, 0.4) is 0 Å².